The van der Waals surface area contributed by atoms with Gasteiger partial charge in [0, 0.05) is 11.1 Å². The molecule has 0 aliphatic rings. The third-order valence-corrected chi connectivity index (χ3v) is 7.65. The number of hydrogen-bond acceptors (Lipinski definition) is 4. The molecule has 152 valence electrons. The van der Waals surface area contributed by atoms with Gasteiger partial charge in [0.25, 0.3) is 10.0 Å². The highest BCUT2D eigenvalue weighted by molar-refractivity contribution is 7.94. The molecule has 3 aromatic carbocycles. The van der Waals surface area contributed by atoms with Crippen LogP contribution in [0.15, 0.2) is 88.5 Å². The molecule has 8 heteroatoms. The first kappa shape index (κ1) is 20.1. The third-order valence-electron chi connectivity index (χ3n) is 4.50. The quantitative estimate of drug-likeness (QED) is 0.465. The van der Waals surface area contributed by atoms with Gasteiger partial charge in [0.15, 0.2) is 0 Å². The zero-order valence-electron chi connectivity index (χ0n) is 15.7. The monoisotopic (exact) mass is 440 g/mol. The fraction of sp³-hybridized carbons (Fsp3) is 0.0455. The summed E-state index contributed by atoms with van der Waals surface area (Å²) in [5.41, 5.74) is 0.795. The summed E-state index contributed by atoms with van der Waals surface area (Å²) in [6.07, 6.45) is 0. The van der Waals surface area contributed by atoms with E-state index in [4.69, 9.17) is 0 Å². The van der Waals surface area contributed by atoms with Crippen molar-refractivity contribution in [2.24, 2.45) is 0 Å². The van der Waals surface area contributed by atoms with Gasteiger partial charge in [0.05, 0.1) is 5.69 Å². The molecular formula is C22H17FN2O3S2. The van der Waals surface area contributed by atoms with Gasteiger partial charge in [-0.15, -0.1) is 11.3 Å². The Bertz CT molecular complexity index is 1280. The Hall–Kier alpha value is -3.23. The topological polar surface area (TPSA) is 66.5 Å². The van der Waals surface area contributed by atoms with Crippen LogP contribution in [0.25, 0.3) is 10.8 Å². The minimum atomic E-state index is -3.98. The molecule has 30 heavy (non-hydrogen) atoms. The molecule has 0 aliphatic heterocycles. The van der Waals surface area contributed by atoms with Crippen LogP contribution in [-0.4, -0.2) is 20.9 Å². The summed E-state index contributed by atoms with van der Waals surface area (Å²) >= 11 is 1.05. The molecule has 0 spiro atoms. The molecule has 0 unspecified atom stereocenters. The fourth-order valence-corrected chi connectivity index (χ4v) is 5.62. The summed E-state index contributed by atoms with van der Waals surface area (Å²) in [7, 11) is -3.98. The molecule has 1 N–H and O–H groups in total. The summed E-state index contributed by atoms with van der Waals surface area (Å²) in [6, 6.07) is 21.2. The van der Waals surface area contributed by atoms with E-state index < -0.39 is 28.3 Å². The number of anilines is 2. The lowest BCUT2D eigenvalue weighted by molar-refractivity contribution is -0.114. The van der Waals surface area contributed by atoms with Crippen LogP contribution in [-0.2, 0) is 14.8 Å². The number of benzene rings is 3. The lowest BCUT2D eigenvalue weighted by Gasteiger charge is -2.23. The van der Waals surface area contributed by atoms with E-state index in [-0.39, 0.29) is 9.90 Å². The predicted octanol–water partition coefficient (Wildman–Crippen LogP) is 4.87. The van der Waals surface area contributed by atoms with E-state index in [2.05, 4.69) is 5.32 Å². The molecule has 4 rings (SSSR count). The average Bonchev–Trinajstić information content (AvgIpc) is 3.29. The number of carbonyl (C=O) groups is 1. The SMILES string of the molecule is O=C(CN(c1ccc(F)cc1)S(=O)(=O)c1cccs1)Nc1cccc2ccccc12. The van der Waals surface area contributed by atoms with Gasteiger partial charge in [-0.1, -0.05) is 42.5 Å². The minimum Gasteiger partial charge on any atom is -0.324 e. The maximum atomic E-state index is 13.4. The summed E-state index contributed by atoms with van der Waals surface area (Å²) in [4.78, 5) is 12.8. The molecule has 0 saturated heterocycles. The molecular weight excluding hydrogens is 423 g/mol. The van der Waals surface area contributed by atoms with Crippen molar-refractivity contribution >= 4 is 49.4 Å². The molecule has 0 aliphatic carbocycles. The highest BCUT2D eigenvalue weighted by atomic mass is 32.2. The minimum absolute atomic E-state index is 0.102. The number of amides is 1. The highest BCUT2D eigenvalue weighted by Gasteiger charge is 2.28. The van der Waals surface area contributed by atoms with Crippen LogP contribution >= 0.6 is 11.3 Å². The Kier molecular flexibility index (Phi) is 5.52. The molecule has 4 aromatic rings. The van der Waals surface area contributed by atoms with Crippen molar-refractivity contribution in [2.45, 2.75) is 4.21 Å². The number of nitrogens with one attached hydrogen (secondary N) is 1. The van der Waals surface area contributed by atoms with Crippen molar-refractivity contribution < 1.29 is 17.6 Å². The lowest BCUT2D eigenvalue weighted by Crippen LogP contribution is -2.37. The maximum Gasteiger partial charge on any atom is 0.274 e. The summed E-state index contributed by atoms with van der Waals surface area (Å²) in [6.45, 7) is -0.449. The molecule has 1 aromatic heterocycles. The van der Waals surface area contributed by atoms with Crippen LogP contribution in [0, 0.1) is 5.82 Å². The summed E-state index contributed by atoms with van der Waals surface area (Å²) in [5.74, 6) is -0.997. The van der Waals surface area contributed by atoms with Crippen LogP contribution < -0.4 is 9.62 Å². The summed E-state index contributed by atoms with van der Waals surface area (Å²) < 4.78 is 40.7. The van der Waals surface area contributed by atoms with Gasteiger partial charge in [0.1, 0.15) is 16.6 Å². The first-order chi connectivity index (χ1) is 14.4. The van der Waals surface area contributed by atoms with Gasteiger partial charge in [0.2, 0.25) is 5.91 Å². The molecule has 0 radical (unpaired) electrons. The van der Waals surface area contributed by atoms with Crippen molar-refractivity contribution in [2.75, 3.05) is 16.2 Å². The normalized spacial score (nSPS) is 11.4. The number of rotatable bonds is 6. The van der Waals surface area contributed by atoms with E-state index >= 15 is 0 Å². The van der Waals surface area contributed by atoms with Crippen LogP contribution in [0.5, 0.6) is 0 Å². The number of thiophene rings is 1. The van der Waals surface area contributed by atoms with Crippen molar-refractivity contribution in [3.8, 4) is 0 Å². The zero-order valence-corrected chi connectivity index (χ0v) is 17.3. The molecule has 1 amide bonds. The number of hydrogen-bond donors (Lipinski definition) is 1. The Morgan fingerprint density at radius 3 is 2.40 bits per heavy atom. The van der Waals surface area contributed by atoms with Crippen LogP contribution in [0.3, 0.4) is 0 Å². The van der Waals surface area contributed by atoms with Gasteiger partial charge in [-0.2, -0.15) is 0 Å². The van der Waals surface area contributed by atoms with E-state index in [9.17, 15) is 17.6 Å². The van der Waals surface area contributed by atoms with E-state index in [1.54, 1.807) is 17.5 Å². The predicted molar refractivity (Wildman–Crippen MR) is 118 cm³/mol. The Morgan fingerprint density at radius 1 is 0.933 bits per heavy atom. The van der Waals surface area contributed by atoms with Crippen LogP contribution in [0.1, 0.15) is 0 Å². The first-order valence-electron chi connectivity index (χ1n) is 9.04. The second-order valence-corrected chi connectivity index (χ2v) is 9.53. The van der Waals surface area contributed by atoms with Gasteiger partial charge in [-0.05, 0) is 47.2 Å². The number of nitrogens with zero attached hydrogens (tertiary/aromatic N) is 1. The molecule has 5 nitrogen and oxygen atoms in total. The smallest absolute Gasteiger partial charge is 0.274 e. The average molecular weight is 441 g/mol. The zero-order chi connectivity index (χ0) is 21.1. The van der Waals surface area contributed by atoms with E-state index in [0.29, 0.717) is 5.69 Å². The maximum absolute atomic E-state index is 13.4. The first-order valence-corrected chi connectivity index (χ1v) is 11.4. The molecule has 0 atom stereocenters. The molecule has 0 bridgehead atoms. The number of carbonyl (C=O) groups excluding carboxylic acids is 1. The Labute approximate surface area is 177 Å². The molecule has 0 saturated carbocycles. The van der Waals surface area contributed by atoms with Gasteiger partial charge in [-0.3, -0.25) is 9.10 Å². The fourth-order valence-electron chi connectivity index (χ4n) is 3.10. The Morgan fingerprint density at radius 2 is 1.67 bits per heavy atom. The van der Waals surface area contributed by atoms with Gasteiger partial charge >= 0.3 is 0 Å². The van der Waals surface area contributed by atoms with E-state index in [1.165, 1.54) is 18.2 Å². The molecule has 0 fully saturated rings. The highest BCUT2D eigenvalue weighted by Crippen LogP contribution is 2.27. The van der Waals surface area contributed by atoms with E-state index in [0.717, 1.165) is 38.5 Å². The third kappa shape index (κ3) is 4.05. The number of fused-ring (bicyclic) bond motifs is 1. The van der Waals surface area contributed by atoms with Crippen molar-refractivity contribution in [1.82, 2.24) is 0 Å². The van der Waals surface area contributed by atoms with E-state index in [1.807, 2.05) is 36.4 Å². The number of sulfonamides is 1. The molecule has 1 heterocycles. The Balaban J connectivity index is 1.66. The second-order valence-electron chi connectivity index (χ2n) is 6.50. The van der Waals surface area contributed by atoms with Crippen LogP contribution in [0.4, 0.5) is 15.8 Å². The van der Waals surface area contributed by atoms with Crippen molar-refractivity contribution in [3.05, 3.63) is 90.1 Å². The largest absolute Gasteiger partial charge is 0.324 e. The number of halogens is 1. The second kappa shape index (κ2) is 8.25. The van der Waals surface area contributed by atoms with Crippen LogP contribution in [0.2, 0.25) is 0 Å². The van der Waals surface area contributed by atoms with Crippen molar-refractivity contribution in [3.63, 3.8) is 0 Å². The van der Waals surface area contributed by atoms with Gasteiger partial charge < -0.3 is 5.32 Å². The summed E-state index contributed by atoms with van der Waals surface area (Å²) in [5, 5.41) is 6.25. The van der Waals surface area contributed by atoms with Crippen molar-refractivity contribution in [1.29, 1.82) is 0 Å². The standard InChI is InChI=1S/C22H17FN2O3S2/c23-17-10-12-18(13-11-17)25(30(27,28)22-9-4-14-29-22)15-21(26)24-20-8-3-6-16-5-1-2-7-19(16)20/h1-14H,15H2,(H,24,26). The van der Waals surface area contributed by atoms with Gasteiger partial charge in [-0.25, -0.2) is 12.8 Å². The lowest BCUT2D eigenvalue weighted by atomic mass is 10.1.